The van der Waals surface area contributed by atoms with Crippen molar-refractivity contribution in [2.24, 2.45) is 5.73 Å². The van der Waals surface area contributed by atoms with Crippen LogP contribution in [0, 0.1) is 0 Å². The quantitative estimate of drug-likeness (QED) is 0.923. The lowest BCUT2D eigenvalue weighted by Crippen LogP contribution is -2.14. The van der Waals surface area contributed by atoms with E-state index in [4.69, 9.17) is 17.3 Å². The maximum atomic E-state index is 11.3. The fourth-order valence-corrected chi connectivity index (χ4v) is 2.76. The second kappa shape index (κ2) is 5.73. The first kappa shape index (κ1) is 13.4. The summed E-state index contributed by atoms with van der Waals surface area (Å²) < 4.78 is 0.992. The smallest absolute Gasteiger partial charge is 0.268 e. The Bertz CT molecular complexity index is 589. The first-order chi connectivity index (χ1) is 8.56. The number of nitrogens with two attached hydrogens (primary N) is 1. The summed E-state index contributed by atoms with van der Waals surface area (Å²) in [5.74, 6) is -0.564. The van der Waals surface area contributed by atoms with Gasteiger partial charge >= 0.3 is 0 Å². The van der Waals surface area contributed by atoms with Gasteiger partial charge in [0.1, 0.15) is 5.69 Å². The van der Waals surface area contributed by atoms with Crippen molar-refractivity contribution in [2.45, 2.75) is 9.79 Å². The maximum Gasteiger partial charge on any atom is 0.268 e. The number of hydrogen-bond acceptors (Lipinski definition) is 3. The Morgan fingerprint density at radius 1 is 1.33 bits per heavy atom. The molecule has 0 fully saturated rings. The molecule has 0 saturated heterocycles. The van der Waals surface area contributed by atoms with Gasteiger partial charge in [-0.05, 0) is 30.3 Å². The fraction of sp³-hybridized carbons (Fsp3) is 0. The van der Waals surface area contributed by atoms with E-state index in [1.165, 1.54) is 18.0 Å². The van der Waals surface area contributed by atoms with Crippen LogP contribution in [0.4, 0.5) is 0 Å². The van der Waals surface area contributed by atoms with Crippen LogP contribution < -0.4 is 5.73 Å². The van der Waals surface area contributed by atoms with E-state index in [1.54, 1.807) is 6.07 Å². The molecule has 1 aromatic carbocycles. The maximum absolute atomic E-state index is 11.3. The van der Waals surface area contributed by atoms with Crippen molar-refractivity contribution in [2.75, 3.05) is 0 Å². The van der Waals surface area contributed by atoms with Gasteiger partial charge in [0.15, 0.2) is 0 Å². The minimum absolute atomic E-state index is 0.229. The predicted molar refractivity (Wildman–Crippen MR) is 76.0 cm³/mol. The molecule has 0 saturated carbocycles. The Hall–Kier alpha value is -1.04. The summed E-state index contributed by atoms with van der Waals surface area (Å²) in [4.78, 5) is 16.9. The highest BCUT2D eigenvalue weighted by Gasteiger charge is 2.11. The number of aromatic nitrogens is 1. The number of benzene rings is 1. The number of carbonyl (C=O) groups excluding carboxylic acids is 1. The van der Waals surface area contributed by atoms with Gasteiger partial charge in [-0.25, -0.2) is 4.98 Å². The Kier molecular flexibility index (Phi) is 4.27. The van der Waals surface area contributed by atoms with E-state index in [2.05, 4.69) is 20.9 Å². The van der Waals surface area contributed by atoms with Crippen molar-refractivity contribution in [3.63, 3.8) is 0 Å². The summed E-state index contributed by atoms with van der Waals surface area (Å²) in [6.07, 6.45) is 1.41. The molecule has 92 valence electrons. The van der Waals surface area contributed by atoms with Gasteiger partial charge in [-0.3, -0.25) is 4.79 Å². The first-order valence-corrected chi connectivity index (χ1v) is 6.94. The highest BCUT2D eigenvalue weighted by Crippen LogP contribution is 2.31. The molecule has 0 aliphatic heterocycles. The summed E-state index contributed by atoms with van der Waals surface area (Å²) >= 11 is 10.6. The molecule has 0 unspecified atom stereocenters. The van der Waals surface area contributed by atoms with E-state index in [0.717, 1.165) is 9.37 Å². The number of rotatable bonds is 3. The van der Waals surface area contributed by atoms with Crippen molar-refractivity contribution in [1.82, 2.24) is 4.98 Å². The van der Waals surface area contributed by atoms with Gasteiger partial charge in [0.2, 0.25) is 0 Å². The van der Waals surface area contributed by atoms with Crippen molar-refractivity contribution in [3.8, 4) is 0 Å². The molecule has 3 nitrogen and oxygen atoms in total. The van der Waals surface area contributed by atoms with Gasteiger partial charge in [-0.1, -0.05) is 39.3 Å². The molecule has 0 atom stereocenters. The predicted octanol–water partition coefficient (Wildman–Crippen LogP) is 3.75. The van der Waals surface area contributed by atoms with Crippen LogP contribution in [-0.4, -0.2) is 10.9 Å². The van der Waals surface area contributed by atoms with Crippen molar-refractivity contribution < 1.29 is 4.79 Å². The lowest BCUT2D eigenvalue weighted by Gasteiger charge is -2.06. The van der Waals surface area contributed by atoms with Crippen LogP contribution in [0.15, 0.2) is 50.8 Å². The highest BCUT2D eigenvalue weighted by molar-refractivity contribution is 9.10. The van der Waals surface area contributed by atoms with Crippen molar-refractivity contribution in [1.29, 1.82) is 0 Å². The average molecular weight is 344 g/mol. The lowest BCUT2D eigenvalue weighted by atomic mass is 10.3. The van der Waals surface area contributed by atoms with Gasteiger partial charge in [0.25, 0.3) is 5.91 Å². The van der Waals surface area contributed by atoms with Crippen LogP contribution >= 0.6 is 39.3 Å². The third-order valence-electron chi connectivity index (χ3n) is 2.09. The zero-order valence-corrected chi connectivity index (χ0v) is 12.2. The van der Waals surface area contributed by atoms with Gasteiger partial charge in [-0.2, -0.15) is 0 Å². The van der Waals surface area contributed by atoms with Gasteiger partial charge < -0.3 is 5.73 Å². The number of hydrogen-bond donors (Lipinski definition) is 1. The van der Waals surface area contributed by atoms with E-state index >= 15 is 0 Å². The third-order valence-corrected chi connectivity index (χ3v) is 3.87. The number of pyridine rings is 1. The van der Waals surface area contributed by atoms with Crippen molar-refractivity contribution >= 4 is 45.2 Å². The third kappa shape index (κ3) is 3.25. The van der Waals surface area contributed by atoms with Crippen LogP contribution in [0.3, 0.4) is 0 Å². The van der Waals surface area contributed by atoms with Crippen LogP contribution in [0.1, 0.15) is 10.5 Å². The number of amides is 1. The Labute approximate surface area is 122 Å². The van der Waals surface area contributed by atoms with E-state index in [9.17, 15) is 4.79 Å². The summed E-state index contributed by atoms with van der Waals surface area (Å²) in [6.45, 7) is 0. The first-order valence-electron chi connectivity index (χ1n) is 4.95. The van der Waals surface area contributed by atoms with E-state index in [0.29, 0.717) is 9.92 Å². The second-order valence-electron chi connectivity index (χ2n) is 3.42. The largest absolute Gasteiger partial charge is 0.364 e. The molecule has 6 heteroatoms. The number of nitrogens with zero attached hydrogens (tertiary/aromatic N) is 1. The highest BCUT2D eigenvalue weighted by atomic mass is 79.9. The van der Waals surface area contributed by atoms with Crippen LogP contribution in [0.25, 0.3) is 0 Å². The van der Waals surface area contributed by atoms with Gasteiger partial charge in [-0.15, -0.1) is 0 Å². The summed E-state index contributed by atoms with van der Waals surface area (Å²) in [6, 6.07) is 9.39. The van der Waals surface area contributed by atoms with E-state index in [1.807, 2.05) is 24.3 Å². The minimum Gasteiger partial charge on any atom is -0.364 e. The number of carbonyl (C=O) groups is 1. The molecule has 0 radical (unpaired) electrons. The monoisotopic (exact) mass is 342 g/mol. The zero-order chi connectivity index (χ0) is 13.1. The molecule has 0 bridgehead atoms. The molecular formula is C12H8BrClN2OS. The second-order valence-corrected chi connectivity index (χ2v) is 5.89. The Morgan fingerprint density at radius 3 is 2.61 bits per heavy atom. The topological polar surface area (TPSA) is 56.0 Å². The Morgan fingerprint density at radius 2 is 2.00 bits per heavy atom. The molecule has 2 N–H and O–H groups in total. The number of primary amides is 1. The molecule has 0 aliphatic carbocycles. The molecule has 18 heavy (non-hydrogen) atoms. The molecule has 1 aromatic heterocycles. The Balaban J connectivity index is 2.35. The molecule has 2 aromatic rings. The normalized spacial score (nSPS) is 10.3. The molecule has 0 aliphatic rings. The van der Waals surface area contributed by atoms with Crippen LogP contribution in [0.2, 0.25) is 5.02 Å². The summed E-state index contributed by atoms with van der Waals surface area (Å²) in [5, 5.41) is 0.472. The van der Waals surface area contributed by atoms with Crippen LogP contribution in [-0.2, 0) is 0 Å². The van der Waals surface area contributed by atoms with E-state index in [-0.39, 0.29) is 5.69 Å². The summed E-state index contributed by atoms with van der Waals surface area (Å²) in [5.41, 5.74) is 5.51. The molecular weight excluding hydrogens is 336 g/mol. The van der Waals surface area contributed by atoms with Gasteiger partial charge in [0, 0.05) is 20.5 Å². The van der Waals surface area contributed by atoms with Crippen molar-refractivity contribution in [3.05, 3.63) is 51.7 Å². The molecule has 0 spiro atoms. The fourth-order valence-electron chi connectivity index (χ4n) is 1.31. The summed E-state index contributed by atoms with van der Waals surface area (Å²) in [7, 11) is 0. The minimum atomic E-state index is -0.564. The number of halogens is 2. The molecule has 1 amide bonds. The van der Waals surface area contributed by atoms with Gasteiger partial charge in [0.05, 0.1) is 5.02 Å². The van der Waals surface area contributed by atoms with Crippen LogP contribution in [0.5, 0.6) is 0 Å². The zero-order valence-electron chi connectivity index (χ0n) is 9.06. The lowest BCUT2D eigenvalue weighted by molar-refractivity contribution is 0.0992. The SMILES string of the molecule is NC(=O)c1ncc(Cl)cc1Sc1ccc(Br)cc1. The molecule has 1 heterocycles. The molecule has 2 rings (SSSR count). The average Bonchev–Trinajstić information content (AvgIpc) is 2.32. The standard InChI is InChI=1S/C12H8BrClN2OS/c13-7-1-3-9(4-2-7)18-10-5-8(14)6-16-11(10)12(15)17/h1-6H,(H2,15,17). The van der Waals surface area contributed by atoms with E-state index < -0.39 is 5.91 Å².